The molecule has 0 aromatic heterocycles. The maximum atomic E-state index is 11.0. The van der Waals surface area contributed by atoms with Crippen LogP contribution in [0.25, 0.3) is 0 Å². The van der Waals surface area contributed by atoms with Gasteiger partial charge >= 0.3 is 20.8 Å². The molecule has 0 aliphatic carbocycles. The molecule has 0 radical (unpaired) electrons. The average Bonchev–Trinajstić information content (AvgIpc) is 2.59. The highest BCUT2D eigenvalue weighted by atomic mass is 32.3. The van der Waals surface area contributed by atoms with E-state index in [1.807, 2.05) is 0 Å². The lowest BCUT2D eigenvalue weighted by molar-refractivity contribution is -0.384. The molecule has 1 aromatic carbocycles. The van der Waals surface area contributed by atoms with Gasteiger partial charge in [0.1, 0.15) is 30.2 Å². The van der Waals surface area contributed by atoms with E-state index in [1.165, 1.54) is 0 Å². The van der Waals surface area contributed by atoms with Crippen molar-refractivity contribution >= 4 is 26.5 Å². The largest absolute Gasteiger partial charge is 0.462 e. The van der Waals surface area contributed by atoms with Gasteiger partial charge in [-0.15, -0.1) is 0 Å². The first-order chi connectivity index (χ1) is 13.3. The molecule has 2 rings (SSSR count). The molecule has 1 aliphatic heterocycles. The van der Waals surface area contributed by atoms with Gasteiger partial charge in [-0.25, -0.2) is 8.37 Å². The Balaban J connectivity index is 2.24. The van der Waals surface area contributed by atoms with Crippen LogP contribution in [0, 0.1) is 10.1 Å². The number of non-ortho nitro benzene ring substituents is 1. The predicted octanol–water partition coefficient (Wildman–Crippen LogP) is -1.57. The monoisotopic (exact) mass is 461 g/mol. The highest BCUT2D eigenvalue weighted by molar-refractivity contribution is 7.81. The summed E-state index contributed by atoms with van der Waals surface area (Å²) in [6.45, 7) is -1.04. The molecular formula is C12H15NO14S2. The third kappa shape index (κ3) is 6.80. The van der Waals surface area contributed by atoms with Gasteiger partial charge in [-0.3, -0.25) is 19.2 Å². The number of nitro groups is 1. The highest BCUT2D eigenvalue weighted by Crippen LogP contribution is 2.28. The Kier molecular flexibility index (Phi) is 7.09. The van der Waals surface area contributed by atoms with Crippen LogP contribution in [0.5, 0.6) is 5.75 Å². The van der Waals surface area contributed by atoms with Crippen LogP contribution in [0.1, 0.15) is 0 Å². The number of ether oxygens (including phenoxy) is 2. The summed E-state index contributed by atoms with van der Waals surface area (Å²) in [6, 6.07) is 4.32. The lowest BCUT2D eigenvalue weighted by Gasteiger charge is -2.40. The molecule has 1 saturated heterocycles. The molecule has 0 unspecified atom stereocenters. The summed E-state index contributed by atoms with van der Waals surface area (Å²) in [4.78, 5) is 9.96. The van der Waals surface area contributed by atoms with Crippen LogP contribution in [0.3, 0.4) is 0 Å². The standard InChI is InChI=1S/C12H15NO14S2/c14-9-8(5-24-28(18,19)20)26-12(10(15)11(9)27-29(21,22)23)25-7-3-1-6(2-4-7)13(16)17/h1-4,8-12,14-15H,5H2,(H,18,19,20)(H,21,22,23)/t8-,9+,10-,11+,12-/m1/s1. The maximum absolute atomic E-state index is 11.0. The van der Waals surface area contributed by atoms with Gasteiger partial charge in [0.05, 0.1) is 11.5 Å². The summed E-state index contributed by atoms with van der Waals surface area (Å²) >= 11 is 0. The zero-order valence-electron chi connectivity index (χ0n) is 14.0. The first-order valence-electron chi connectivity index (χ1n) is 7.47. The van der Waals surface area contributed by atoms with E-state index in [0.717, 1.165) is 24.3 Å². The Hall–Kier alpha value is -1.96. The van der Waals surface area contributed by atoms with Crippen molar-refractivity contribution in [2.24, 2.45) is 0 Å². The van der Waals surface area contributed by atoms with Gasteiger partial charge in [0, 0.05) is 12.1 Å². The van der Waals surface area contributed by atoms with Crippen LogP contribution in [0.15, 0.2) is 24.3 Å². The molecule has 164 valence electrons. The Morgan fingerprint density at radius 2 is 1.62 bits per heavy atom. The van der Waals surface area contributed by atoms with Gasteiger partial charge in [-0.2, -0.15) is 16.8 Å². The minimum atomic E-state index is -5.18. The van der Waals surface area contributed by atoms with Crippen molar-refractivity contribution in [2.45, 2.75) is 30.7 Å². The van der Waals surface area contributed by atoms with E-state index in [1.54, 1.807) is 0 Å². The molecule has 1 fully saturated rings. The summed E-state index contributed by atoms with van der Waals surface area (Å²) in [7, 11) is -10.2. The lowest BCUT2D eigenvalue weighted by atomic mass is 9.99. The lowest BCUT2D eigenvalue weighted by Crippen LogP contribution is -2.61. The fourth-order valence-corrected chi connectivity index (χ4v) is 3.14. The number of hydrogen-bond donors (Lipinski definition) is 4. The number of aliphatic hydroxyl groups is 2. The van der Waals surface area contributed by atoms with Crippen LogP contribution < -0.4 is 4.74 Å². The molecular weight excluding hydrogens is 446 g/mol. The molecule has 1 aromatic rings. The second-order valence-corrected chi connectivity index (χ2v) is 7.73. The average molecular weight is 461 g/mol. The van der Waals surface area contributed by atoms with Crippen LogP contribution in [-0.4, -0.2) is 78.4 Å². The first-order valence-corrected chi connectivity index (χ1v) is 10.2. The van der Waals surface area contributed by atoms with Crippen molar-refractivity contribution < 1.29 is 58.9 Å². The summed E-state index contributed by atoms with van der Waals surface area (Å²) in [5, 5.41) is 30.9. The van der Waals surface area contributed by atoms with Crippen molar-refractivity contribution in [1.82, 2.24) is 0 Å². The molecule has 0 spiro atoms. The van der Waals surface area contributed by atoms with Crippen molar-refractivity contribution in [3.8, 4) is 5.75 Å². The second-order valence-electron chi connectivity index (χ2n) is 5.59. The molecule has 1 heterocycles. The highest BCUT2D eigenvalue weighted by Gasteiger charge is 2.49. The van der Waals surface area contributed by atoms with Crippen molar-refractivity contribution in [3.63, 3.8) is 0 Å². The molecule has 0 bridgehead atoms. The minimum Gasteiger partial charge on any atom is -0.462 e. The van der Waals surface area contributed by atoms with E-state index in [0.29, 0.717) is 0 Å². The smallest absolute Gasteiger partial charge is 0.397 e. The predicted molar refractivity (Wildman–Crippen MR) is 88.3 cm³/mol. The van der Waals surface area contributed by atoms with Crippen molar-refractivity contribution in [2.75, 3.05) is 6.61 Å². The van der Waals surface area contributed by atoms with Gasteiger partial charge in [-0.05, 0) is 12.1 Å². The van der Waals surface area contributed by atoms with Crippen LogP contribution in [0.4, 0.5) is 5.69 Å². The van der Waals surface area contributed by atoms with Crippen LogP contribution in [0.2, 0.25) is 0 Å². The van der Waals surface area contributed by atoms with Crippen molar-refractivity contribution in [3.05, 3.63) is 34.4 Å². The van der Waals surface area contributed by atoms with E-state index >= 15 is 0 Å². The third-order valence-corrected chi connectivity index (χ3v) is 4.45. The Labute approximate surface area is 163 Å². The number of rotatable bonds is 8. The molecule has 0 amide bonds. The number of aliphatic hydroxyl groups excluding tert-OH is 2. The number of benzene rings is 1. The van der Waals surface area contributed by atoms with Gasteiger partial charge in [0.15, 0.2) is 0 Å². The quantitative estimate of drug-likeness (QED) is 0.195. The molecule has 29 heavy (non-hydrogen) atoms. The molecule has 15 nitrogen and oxygen atoms in total. The molecule has 1 aliphatic rings. The Morgan fingerprint density at radius 1 is 1.03 bits per heavy atom. The summed E-state index contributed by atoms with van der Waals surface area (Å²) in [5.41, 5.74) is -0.287. The zero-order valence-corrected chi connectivity index (χ0v) is 15.7. The third-order valence-electron chi connectivity index (χ3n) is 3.56. The SMILES string of the molecule is O=[N+]([O-])c1ccc(O[C@@H]2O[C@H](COS(=O)(=O)O)[C@H](O)[C@H](OS(=O)(=O)O)[C@H]2O)cc1. The van der Waals surface area contributed by atoms with E-state index < -0.39 is 63.0 Å². The fourth-order valence-electron chi connectivity index (χ4n) is 2.32. The van der Waals surface area contributed by atoms with Crippen LogP contribution >= 0.6 is 0 Å². The van der Waals surface area contributed by atoms with Gasteiger partial charge in [0.2, 0.25) is 6.29 Å². The van der Waals surface area contributed by atoms with E-state index in [-0.39, 0.29) is 11.4 Å². The second kappa shape index (κ2) is 8.81. The number of nitrogens with zero attached hydrogens (tertiary/aromatic N) is 1. The minimum absolute atomic E-state index is 0.101. The zero-order chi connectivity index (χ0) is 22.0. The fraction of sp³-hybridized carbons (Fsp3) is 0.500. The topological polar surface area (TPSA) is 229 Å². The summed E-state index contributed by atoms with van der Waals surface area (Å²) < 4.78 is 79.4. The number of hydrogen-bond acceptors (Lipinski definition) is 12. The van der Waals surface area contributed by atoms with E-state index in [2.05, 4.69) is 8.37 Å². The Bertz CT molecular complexity index is 930. The van der Waals surface area contributed by atoms with Crippen LogP contribution in [-0.2, 0) is 33.9 Å². The molecule has 5 atom stereocenters. The van der Waals surface area contributed by atoms with Gasteiger partial charge in [-0.1, -0.05) is 0 Å². The molecule has 0 saturated carbocycles. The van der Waals surface area contributed by atoms with Gasteiger partial charge in [0.25, 0.3) is 5.69 Å². The number of nitro benzene ring substituents is 1. The van der Waals surface area contributed by atoms with E-state index in [9.17, 15) is 37.2 Å². The van der Waals surface area contributed by atoms with Crippen molar-refractivity contribution in [1.29, 1.82) is 0 Å². The van der Waals surface area contributed by atoms with Gasteiger partial charge < -0.3 is 19.7 Å². The Morgan fingerprint density at radius 3 is 2.10 bits per heavy atom. The molecule has 17 heteroatoms. The first kappa shape index (κ1) is 23.3. The summed E-state index contributed by atoms with van der Waals surface area (Å²) in [6.07, 6.45) is -9.69. The summed E-state index contributed by atoms with van der Waals surface area (Å²) in [5.74, 6) is -0.101. The molecule has 4 N–H and O–H groups in total. The normalized spacial score (nSPS) is 28.1. The van der Waals surface area contributed by atoms with E-state index in [4.69, 9.17) is 18.6 Å². The maximum Gasteiger partial charge on any atom is 0.397 e.